The molecule has 0 aromatic heterocycles. The SMILES string of the molecule is CC(C)CCN(C)CCCC(C)(CO)NC1CC1. The molecule has 0 aliphatic heterocycles. The average molecular weight is 256 g/mol. The Morgan fingerprint density at radius 3 is 2.50 bits per heavy atom. The van der Waals surface area contributed by atoms with Crippen LogP contribution in [0.4, 0.5) is 0 Å². The molecule has 0 aromatic carbocycles. The van der Waals surface area contributed by atoms with Crippen molar-refractivity contribution in [3.8, 4) is 0 Å². The summed E-state index contributed by atoms with van der Waals surface area (Å²) in [4.78, 5) is 2.41. The van der Waals surface area contributed by atoms with E-state index in [1.807, 2.05) is 0 Å². The summed E-state index contributed by atoms with van der Waals surface area (Å²) in [6.07, 6.45) is 6.05. The van der Waals surface area contributed by atoms with E-state index in [0.717, 1.165) is 25.3 Å². The molecule has 1 aliphatic rings. The van der Waals surface area contributed by atoms with Gasteiger partial charge in [-0.1, -0.05) is 13.8 Å². The standard InChI is InChI=1S/C15H32N2O/c1-13(2)8-11-17(4)10-5-9-15(3,12-18)16-14-6-7-14/h13-14,16,18H,5-12H2,1-4H3. The van der Waals surface area contributed by atoms with Crippen LogP contribution in [0.5, 0.6) is 0 Å². The average Bonchev–Trinajstić information content (AvgIpc) is 3.10. The Morgan fingerprint density at radius 1 is 1.33 bits per heavy atom. The van der Waals surface area contributed by atoms with Crippen LogP contribution in [0.25, 0.3) is 0 Å². The van der Waals surface area contributed by atoms with E-state index in [0.29, 0.717) is 6.04 Å². The van der Waals surface area contributed by atoms with Gasteiger partial charge >= 0.3 is 0 Å². The zero-order valence-corrected chi connectivity index (χ0v) is 12.7. The molecular weight excluding hydrogens is 224 g/mol. The highest BCUT2D eigenvalue weighted by Gasteiger charge is 2.31. The first-order valence-electron chi connectivity index (χ1n) is 7.52. The van der Waals surface area contributed by atoms with Crippen LogP contribution in [-0.4, -0.2) is 48.3 Å². The minimum absolute atomic E-state index is 0.0694. The van der Waals surface area contributed by atoms with Gasteiger partial charge in [0.25, 0.3) is 0 Å². The van der Waals surface area contributed by atoms with Crippen LogP contribution in [0.2, 0.25) is 0 Å². The zero-order chi connectivity index (χ0) is 13.6. The lowest BCUT2D eigenvalue weighted by atomic mass is 9.96. The number of hydrogen-bond donors (Lipinski definition) is 2. The third-order valence-corrected chi connectivity index (χ3v) is 3.84. The van der Waals surface area contributed by atoms with E-state index in [9.17, 15) is 5.11 Å². The highest BCUT2D eigenvalue weighted by Crippen LogP contribution is 2.24. The molecule has 0 radical (unpaired) electrons. The van der Waals surface area contributed by atoms with Gasteiger partial charge in [-0.2, -0.15) is 0 Å². The molecule has 3 heteroatoms. The van der Waals surface area contributed by atoms with Crippen LogP contribution >= 0.6 is 0 Å². The van der Waals surface area contributed by atoms with Gasteiger partial charge < -0.3 is 15.3 Å². The minimum Gasteiger partial charge on any atom is -0.394 e. The van der Waals surface area contributed by atoms with Gasteiger partial charge in [-0.15, -0.1) is 0 Å². The number of aliphatic hydroxyl groups is 1. The van der Waals surface area contributed by atoms with Crippen molar-refractivity contribution in [2.75, 3.05) is 26.7 Å². The predicted molar refractivity (Wildman–Crippen MR) is 77.8 cm³/mol. The number of nitrogens with one attached hydrogen (secondary N) is 1. The van der Waals surface area contributed by atoms with E-state index in [1.165, 1.54) is 25.8 Å². The van der Waals surface area contributed by atoms with Gasteiger partial charge in [-0.05, 0) is 65.1 Å². The van der Waals surface area contributed by atoms with Crippen LogP contribution in [0.15, 0.2) is 0 Å². The highest BCUT2D eigenvalue weighted by molar-refractivity contribution is 4.92. The van der Waals surface area contributed by atoms with Crippen molar-refractivity contribution in [2.24, 2.45) is 5.92 Å². The lowest BCUT2D eigenvalue weighted by Crippen LogP contribution is -2.47. The summed E-state index contributed by atoms with van der Waals surface area (Å²) in [5, 5.41) is 13.1. The molecule has 0 heterocycles. The summed E-state index contributed by atoms with van der Waals surface area (Å²) >= 11 is 0. The van der Waals surface area contributed by atoms with Crippen LogP contribution in [0.1, 0.15) is 52.9 Å². The van der Waals surface area contributed by atoms with E-state index >= 15 is 0 Å². The molecular formula is C15H32N2O. The summed E-state index contributed by atoms with van der Waals surface area (Å²) in [5.74, 6) is 0.784. The van der Waals surface area contributed by atoms with Gasteiger partial charge in [0.05, 0.1) is 6.61 Å². The number of hydrogen-bond acceptors (Lipinski definition) is 3. The van der Waals surface area contributed by atoms with Gasteiger partial charge in [-0.25, -0.2) is 0 Å². The summed E-state index contributed by atoms with van der Waals surface area (Å²) in [7, 11) is 2.20. The number of rotatable bonds is 10. The fraction of sp³-hybridized carbons (Fsp3) is 1.00. The lowest BCUT2D eigenvalue weighted by molar-refractivity contribution is 0.156. The van der Waals surface area contributed by atoms with Crippen LogP contribution in [-0.2, 0) is 0 Å². The molecule has 1 unspecified atom stereocenters. The molecule has 0 bridgehead atoms. The first-order valence-corrected chi connectivity index (χ1v) is 7.52. The second kappa shape index (κ2) is 7.46. The quantitative estimate of drug-likeness (QED) is 0.629. The molecule has 1 saturated carbocycles. The number of aliphatic hydroxyl groups excluding tert-OH is 1. The molecule has 1 fully saturated rings. The van der Waals surface area contributed by atoms with Crippen molar-refractivity contribution in [3.05, 3.63) is 0 Å². The van der Waals surface area contributed by atoms with E-state index < -0.39 is 0 Å². The summed E-state index contributed by atoms with van der Waals surface area (Å²) in [6.45, 7) is 9.27. The van der Waals surface area contributed by atoms with Crippen LogP contribution in [0, 0.1) is 5.92 Å². The Labute approximate surface area is 113 Å². The number of nitrogens with zero attached hydrogens (tertiary/aromatic N) is 1. The maximum Gasteiger partial charge on any atom is 0.0610 e. The molecule has 1 atom stereocenters. The molecule has 0 amide bonds. The molecule has 0 spiro atoms. The van der Waals surface area contributed by atoms with Gasteiger partial charge in [0.1, 0.15) is 0 Å². The molecule has 3 nitrogen and oxygen atoms in total. The van der Waals surface area contributed by atoms with Gasteiger partial charge in [-0.3, -0.25) is 0 Å². The maximum absolute atomic E-state index is 9.53. The predicted octanol–water partition coefficient (Wildman–Crippen LogP) is 2.25. The van der Waals surface area contributed by atoms with Crippen molar-refractivity contribution >= 4 is 0 Å². The van der Waals surface area contributed by atoms with E-state index in [1.54, 1.807) is 0 Å². The Bertz CT molecular complexity index is 229. The molecule has 0 aromatic rings. The van der Waals surface area contributed by atoms with E-state index in [4.69, 9.17) is 0 Å². The van der Waals surface area contributed by atoms with Crippen molar-refractivity contribution in [3.63, 3.8) is 0 Å². The second-order valence-corrected chi connectivity index (χ2v) is 6.73. The normalized spacial score (nSPS) is 19.5. The monoisotopic (exact) mass is 256 g/mol. The molecule has 2 N–H and O–H groups in total. The van der Waals surface area contributed by atoms with Crippen LogP contribution < -0.4 is 5.32 Å². The van der Waals surface area contributed by atoms with E-state index in [2.05, 4.69) is 38.0 Å². The minimum atomic E-state index is -0.0694. The maximum atomic E-state index is 9.53. The fourth-order valence-electron chi connectivity index (χ4n) is 2.25. The van der Waals surface area contributed by atoms with Gasteiger partial charge in [0.15, 0.2) is 0 Å². The molecule has 18 heavy (non-hydrogen) atoms. The molecule has 0 saturated heterocycles. The third kappa shape index (κ3) is 6.72. The summed E-state index contributed by atoms with van der Waals surface area (Å²) in [5.41, 5.74) is -0.0694. The lowest BCUT2D eigenvalue weighted by Gasteiger charge is -2.30. The van der Waals surface area contributed by atoms with Crippen LogP contribution in [0.3, 0.4) is 0 Å². The summed E-state index contributed by atoms with van der Waals surface area (Å²) < 4.78 is 0. The first kappa shape index (κ1) is 15.9. The second-order valence-electron chi connectivity index (χ2n) is 6.73. The summed E-state index contributed by atoms with van der Waals surface area (Å²) in [6, 6.07) is 0.667. The smallest absolute Gasteiger partial charge is 0.0610 e. The Hall–Kier alpha value is -0.120. The van der Waals surface area contributed by atoms with Crippen molar-refractivity contribution in [1.82, 2.24) is 10.2 Å². The fourth-order valence-corrected chi connectivity index (χ4v) is 2.25. The Kier molecular flexibility index (Phi) is 6.61. The third-order valence-electron chi connectivity index (χ3n) is 3.84. The van der Waals surface area contributed by atoms with Crippen molar-refractivity contribution < 1.29 is 5.11 Å². The van der Waals surface area contributed by atoms with E-state index in [-0.39, 0.29) is 12.1 Å². The molecule has 108 valence electrons. The first-order chi connectivity index (χ1) is 8.45. The Morgan fingerprint density at radius 2 is 2.00 bits per heavy atom. The topological polar surface area (TPSA) is 35.5 Å². The largest absolute Gasteiger partial charge is 0.394 e. The van der Waals surface area contributed by atoms with Gasteiger partial charge in [0.2, 0.25) is 0 Å². The zero-order valence-electron chi connectivity index (χ0n) is 12.7. The van der Waals surface area contributed by atoms with Gasteiger partial charge in [0, 0.05) is 11.6 Å². The Balaban J connectivity index is 2.13. The van der Waals surface area contributed by atoms with Crippen molar-refractivity contribution in [1.29, 1.82) is 0 Å². The molecule has 1 aliphatic carbocycles. The van der Waals surface area contributed by atoms with Crippen molar-refractivity contribution in [2.45, 2.75) is 64.5 Å². The molecule has 1 rings (SSSR count). The highest BCUT2D eigenvalue weighted by atomic mass is 16.3.